The van der Waals surface area contributed by atoms with E-state index >= 15 is 0 Å². The monoisotopic (exact) mass is 301 g/mol. The van der Waals surface area contributed by atoms with Crippen molar-refractivity contribution in [2.24, 2.45) is 0 Å². The van der Waals surface area contributed by atoms with E-state index in [9.17, 15) is 5.11 Å². The third-order valence-electron chi connectivity index (χ3n) is 3.65. The SMILES string of the molecule is CC[NH+](Cc1ccncc1)C[C@@H](O)COCc1ccccc1. The molecule has 1 heterocycles. The van der Waals surface area contributed by atoms with Crippen molar-refractivity contribution in [3.8, 4) is 0 Å². The van der Waals surface area contributed by atoms with Gasteiger partial charge in [-0.15, -0.1) is 0 Å². The van der Waals surface area contributed by atoms with Crippen LogP contribution in [0.5, 0.6) is 0 Å². The third kappa shape index (κ3) is 5.93. The molecule has 118 valence electrons. The summed E-state index contributed by atoms with van der Waals surface area (Å²) in [7, 11) is 0. The molecule has 1 unspecified atom stereocenters. The maximum Gasteiger partial charge on any atom is 0.126 e. The maximum atomic E-state index is 10.1. The van der Waals surface area contributed by atoms with E-state index in [0.717, 1.165) is 18.7 Å². The first kappa shape index (κ1) is 16.6. The lowest BCUT2D eigenvalue weighted by Crippen LogP contribution is -3.11. The summed E-state index contributed by atoms with van der Waals surface area (Å²) in [5.74, 6) is 0. The molecule has 4 heteroatoms. The van der Waals surface area contributed by atoms with E-state index in [-0.39, 0.29) is 0 Å². The first-order chi connectivity index (χ1) is 10.8. The molecule has 0 bridgehead atoms. The number of likely N-dealkylation sites (N-methyl/N-ethyl adjacent to an activating group) is 1. The number of benzene rings is 1. The molecule has 0 fully saturated rings. The van der Waals surface area contributed by atoms with Gasteiger partial charge >= 0.3 is 0 Å². The van der Waals surface area contributed by atoms with Crippen LogP contribution in [-0.2, 0) is 17.9 Å². The van der Waals surface area contributed by atoms with Gasteiger partial charge in [-0.3, -0.25) is 4.98 Å². The first-order valence-electron chi connectivity index (χ1n) is 7.80. The van der Waals surface area contributed by atoms with Crippen LogP contribution in [0, 0.1) is 0 Å². The Bertz CT molecular complexity index is 519. The average molecular weight is 301 g/mol. The van der Waals surface area contributed by atoms with Crippen molar-refractivity contribution in [3.05, 3.63) is 66.0 Å². The van der Waals surface area contributed by atoms with Gasteiger partial charge in [0.05, 0.1) is 19.8 Å². The Kier molecular flexibility index (Phi) is 7.03. The minimum absolute atomic E-state index is 0.370. The lowest BCUT2D eigenvalue weighted by molar-refractivity contribution is -0.915. The van der Waals surface area contributed by atoms with Crippen LogP contribution >= 0.6 is 0 Å². The molecule has 1 aromatic heterocycles. The minimum Gasteiger partial charge on any atom is -0.385 e. The number of aliphatic hydroxyl groups is 1. The molecule has 0 spiro atoms. The molecule has 1 aromatic carbocycles. The summed E-state index contributed by atoms with van der Waals surface area (Å²) in [6, 6.07) is 14.1. The van der Waals surface area contributed by atoms with Crippen molar-refractivity contribution >= 4 is 0 Å². The van der Waals surface area contributed by atoms with E-state index in [1.54, 1.807) is 0 Å². The Morgan fingerprint density at radius 2 is 1.82 bits per heavy atom. The van der Waals surface area contributed by atoms with E-state index < -0.39 is 6.10 Å². The van der Waals surface area contributed by atoms with Crippen molar-refractivity contribution in [3.63, 3.8) is 0 Å². The molecule has 0 radical (unpaired) electrons. The fraction of sp³-hybridized carbons (Fsp3) is 0.389. The lowest BCUT2D eigenvalue weighted by Gasteiger charge is -2.21. The molecule has 2 rings (SSSR count). The summed E-state index contributed by atoms with van der Waals surface area (Å²) < 4.78 is 5.60. The summed E-state index contributed by atoms with van der Waals surface area (Å²) in [4.78, 5) is 5.37. The van der Waals surface area contributed by atoms with Crippen molar-refractivity contribution in [2.75, 3.05) is 19.7 Å². The number of hydrogen-bond acceptors (Lipinski definition) is 3. The van der Waals surface area contributed by atoms with E-state index in [0.29, 0.717) is 19.8 Å². The number of aliphatic hydroxyl groups excluding tert-OH is 1. The summed E-state index contributed by atoms with van der Waals surface area (Å²) in [5, 5.41) is 10.1. The molecule has 0 aliphatic heterocycles. The van der Waals surface area contributed by atoms with Crippen LogP contribution in [0.1, 0.15) is 18.1 Å². The molecule has 0 saturated heterocycles. The van der Waals surface area contributed by atoms with E-state index in [4.69, 9.17) is 4.74 Å². The van der Waals surface area contributed by atoms with Gasteiger partial charge in [0.2, 0.25) is 0 Å². The number of hydrogen-bond donors (Lipinski definition) is 2. The average Bonchev–Trinajstić information content (AvgIpc) is 2.56. The van der Waals surface area contributed by atoms with Crippen molar-refractivity contribution in [1.82, 2.24) is 4.98 Å². The minimum atomic E-state index is -0.444. The van der Waals surface area contributed by atoms with Crippen LogP contribution in [0.25, 0.3) is 0 Å². The smallest absolute Gasteiger partial charge is 0.126 e. The van der Waals surface area contributed by atoms with Crippen LogP contribution < -0.4 is 4.90 Å². The zero-order chi connectivity index (χ0) is 15.6. The summed E-state index contributed by atoms with van der Waals surface area (Å²) in [5.41, 5.74) is 2.37. The van der Waals surface area contributed by atoms with Gasteiger partial charge in [0.15, 0.2) is 0 Å². The second-order valence-corrected chi connectivity index (χ2v) is 5.49. The second-order valence-electron chi connectivity index (χ2n) is 5.49. The fourth-order valence-corrected chi connectivity index (χ4v) is 2.41. The Balaban J connectivity index is 1.71. The highest BCUT2D eigenvalue weighted by molar-refractivity contribution is 5.13. The molecule has 0 saturated carbocycles. The number of nitrogens with zero attached hydrogens (tertiary/aromatic N) is 1. The Labute approximate surface area is 132 Å². The van der Waals surface area contributed by atoms with E-state index in [2.05, 4.69) is 11.9 Å². The number of rotatable bonds is 9. The number of aromatic nitrogens is 1. The number of quaternary nitrogens is 1. The van der Waals surface area contributed by atoms with Crippen LogP contribution in [-0.4, -0.2) is 35.9 Å². The topological polar surface area (TPSA) is 46.8 Å². The predicted molar refractivity (Wildman–Crippen MR) is 86.4 cm³/mol. The van der Waals surface area contributed by atoms with Crippen molar-refractivity contribution < 1.29 is 14.7 Å². The van der Waals surface area contributed by atoms with Gasteiger partial charge in [0.1, 0.15) is 19.2 Å². The van der Waals surface area contributed by atoms with Gasteiger partial charge in [-0.1, -0.05) is 30.3 Å². The molecule has 0 aliphatic carbocycles. The third-order valence-corrected chi connectivity index (χ3v) is 3.65. The highest BCUT2D eigenvalue weighted by atomic mass is 16.5. The second kappa shape index (κ2) is 9.30. The summed E-state index contributed by atoms with van der Waals surface area (Å²) in [6.45, 7) is 5.60. The van der Waals surface area contributed by atoms with Gasteiger partial charge in [-0.25, -0.2) is 0 Å². The number of nitrogens with one attached hydrogen (secondary N) is 1. The van der Waals surface area contributed by atoms with Gasteiger partial charge in [0, 0.05) is 18.0 Å². The molecule has 0 amide bonds. The fourth-order valence-electron chi connectivity index (χ4n) is 2.41. The molecule has 2 N–H and O–H groups in total. The van der Waals surface area contributed by atoms with Crippen molar-refractivity contribution in [1.29, 1.82) is 0 Å². The van der Waals surface area contributed by atoms with Crippen molar-refractivity contribution in [2.45, 2.75) is 26.2 Å². The number of ether oxygens (including phenoxy) is 1. The summed E-state index contributed by atoms with van der Waals surface area (Å²) >= 11 is 0. The molecular weight excluding hydrogens is 276 g/mol. The molecule has 2 aromatic rings. The molecule has 4 nitrogen and oxygen atoms in total. The molecule has 0 aliphatic rings. The van der Waals surface area contributed by atoms with Gasteiger partial charge < -0.3 is 14.7 Å². The van der Waals surface area contributed by atoms with Gasteiger partial charge in [0.25, 0.3) is 0 Å². The standard InChI is InChI=1S/C18H24N2O2/c1-2-20(12-16-8-10-19-11-9-16)13-18(21)15-22-14-17-6-4-3-5-7-17/h3-11,18,21H,2,12-15H2,1H3/p+1/t18-/m1/s1. The Morgan fingerprint density at radius 1 is 1.09 bits per heavy atom. The highest BCUT2D eigenvalue weighted by Crippen LogP contribution is 2.00. The quantitative estimate of drug-likeness (QED) is 0.728. The molecule has 22 heavy (non-hydrogen) atoms. The maximum absolute atomic E-state index is 10.1. The molecule has 2 atom stereocenters. The largest absolute Gasteiger partial charge is 0.385 e. The number of pyridine rings is 1. The Morgan fingerprint density at radius 3 is 2.50 bits per heavy atom. The predicted octanol–water partition coefficient (Wildman–Crippen LogP) is 1.06. The van der Waals surface area contributed by atoms with Gasteiger partial charge in [-0.05, 0) is 24.6 Å². The van der Waals surface area contributed by atoms with Crippen LogP contribution in [0.2, 0.25) is 0 Å². The van der Waals surface area contributed by atoms with E-state index in [1.165, 1.54) is 10.5 Å². The van der Waals surface area contributed by atoms with E-state index in [1.807, 2.05) is 54.9 Å². The zero-order valence-corrected chi connectivity index (χ0v) is 13.1. The van der Waals surface area contributed by atoms with Crippen LogP contribution in [0.4, 0.5) is 0 Å². The van der Waals surface area contributed by atoms with Gasteiger partial charge in [-0.2, -0.15) is 0 Å². The normalized spacial score (nSPS) is 13.7. The highest BCUT2D eigenvalue weighted by Gasteiger charge is 2.14. The summed E-state index contributed by atoms with van der Waals surface area (Å²) in [6.07, 6.45) is 3.17. The van der Waals surface area contributed by atoms with Crippen LogP contribution in [0.15, 0.2) is 54.9 Å². The molecular formula is C18H25N2O2+. The Hall–Kier alpha value is -1.75. The lowest BCUT2D eigenvalue weighted by atomic mass is 10.2. The van der Waals surface area contributed by atoms with Crippen LogP contribution in [0.3, 0.4) is 0 Å². The first-order valence-corrected chi connectivity index (χ1v) is 7.80. The zero-order valence-electron chi connectivity index (χ0n) is 13.1.